The first-order valence-electron chi connectivity index (χ1n) is 8.05. The van der Waals surface area contributed by atoms with Gasteiger partial charge in [-0.1, -0.05) is 32.0 Å². The van der Waals surface area contributed by atoms with E-state index in [-0.39, 0.29) is 5.91 Å². The van der Waals surface area contributed by atoms with Gasteiger partial charge in [0.2, 0.25) is 5.95 Å². The number of nitrogens with one attached hydrogen (secondary N) is 1. The number of benzene rings is 1. The summed E-state index contributed by atoms with van der Waals surface area (Å²) in [6, 6.07) is 9.72. The Morgan fingerprint density at radius 2 is 1.87 bits per heavy atom. The highest BCUT2D eigenvalue weighted by Crippen LogP contribution is 2.25. The molecular weight excluding hydrogens is 288 g/mol. The average Bonchev–Trinajstić information content (AvgIpc) is 2.56. The molecular formula is C18H24N4O. The molecule has 0 unspecified atom stereocenters. The monoisotopic (exact) mass is 312 g/mol. The first kappa shape index (κ1) is 16.9. The average molecular weight is 312 g/mol. The van der Waals surface area contributed by atoms with Crippen LogP contribution in [0.2, 0.25) is 0 Å². The molecule has 1 N–H and O–H groups in total. The number of carbonyl (C=O) groups excluding carboxylic acids is 1. The smallest absolute Gasteiger partial charge is 0.272 e. The molecule has 23 heavy (non-hydrogen) atoms. The first-order chi connectivity index (χ1) is 11.1. The molecule has 0 spiro atoms. The molecule has 0 bridgehead atoms. The van der Waals surface area contributed by atoms with Crippen LogP contribution in [0.1, 0.15) is 49.7 Å². The summed E-state index contributed by atoms with van der Waals surface area (Å²) in [5.41, 5.74) is 2.57. The Hall–Kier alpha value is -2.43. The second-order valence-electron chi connectivity index (χ2n) is 5.61. The molecule has 0 aliphatic carbocycles. The summed E-state index contributed by atoms with van der Waals surface area (Å²) in [4.78, 5) is 22.7. The van der Waals surface area contributed by atoms with Crippen molar-refractivity contribution in [1.82, 2.24) is 14.9 Å². The van der Waals surface area contributed by atoms with Gasteiger partial charge in [0.05, 0.1) is 0 Å². The minimum atomic E-state index is -0.0717. The van der Waals surface area contributed by atoms with Crippen LogP contribution in [-0.2, 0) is 0 Å². The second-order valence-corrected chi connectivity index (χ2v) is 5.61. The Bertz CT molecular complexity index is 666. The van der Waals surface area contributed by atoms with Crippen LogP contribution >= 0.6 is 0 Å². The van der Waals surface area contributed by atoms with Crippen LogP contribution in [0.4, 0.5) is 11.6 Å². The summed E-state index contributed by atoms with van der Waals surface area (Å²) in [5, 5.41) is 3.23. The third kappa shape index (κ3) is 4.06. The van der Waals surface area contributed by atoms with Gasteiger partial charge >= 0.3 is 0 Å². The fourth-order valence-electron chi connectivity index (χ4n) is 2.45. The predicted molar refractivity (Wildman–Crippen MR) is 93.1 cm³/mol. The Morgan fingerprint density at radius 1 is 1.17 bits per heavy atom. The lowest BCUT2D eigenvalue weighted by atomic mass is 10.0. The maximum atomic E-state index is 12.4. The minimum absolute atomic E-state index is 0.0717. The van der Waals surface area contributed by atoms with Crippen LogP contribution < -0.4 is 5.32 Å². The van der Waals surface area contributed by atoms with E-state index in [2.05, 4.69) is 35.2 Å². The molecule has 2 aromatic rings. The van der Waals surface area contributed by atoms with E-state index in [1.54, 1.807) is 17.2 Å². The second kappa shape index (κ2) is 7.72. The van der Waals surface area contributed by atoms with Crippen molar-refractivity contribution in [3.63, 3.8) is 0 Å². The standard InChI is InChI=1S/C18H24N4O/c1-5-22(6-2)17(23)16-11-12-19-18(21-16)20-15-10-8-7-9-14(15)13(3)4/h7-13H,5-6H2,1-4H3,(H,19,20,21). The number of carbonyl (C=O) groups is 1. The van der Waals surface area contributed by atoms with E-state index < -0.39 is 0 Å². The third-order valence-electron chi connectivity index (χ3n) is 3.75. The molecule has 0 fully saturated rings. The lowest BCUT2D eigenvalue weighted by Crippen LogP contribution is -2.31. The maximum Gasteiger partial charge on any atom is 0.272 e. The lowest BCUT2D eigenvalue weighted by molar-refractivity contribution is 0.0767. The van der Waals surface area contributed by atoms with Gasteiger partial charge in [0.25, 0.3) is 5.91 Å². The summed E-state index contributed by atoms with van der Waals surface area (Å²) < 4.78 is 0. The summed E-state index contributed by atoms with van der Waals surface area (Å²) in [7, 11) is 0. The molecule has 1 heterocycles. The summed E-state index contributed by atoms with van der Waals surface area (Å²) in [5.74, 6) is 0.757. The maximum absolute atomic E-state index is 12.4. The topological polar surface area (TPSA) is 58.1 Å². The van der Waals surface area contributed by atoms with Crippen molar-refractivity contribution in [2.75, 3.05) is 18.4 Å². The SMILES string of the molecule is CCN(CC)C(=O)c1ccnc(Nc2ccccc2C(C)C)n1. The highest BCUT2D eigenvalue weighted by molar-refractivity contribution is 5.92. The predicted octanol–water partition coefficient (Wildman–Crippen LogP) is 3.83. The van der Waals surface area contributed by atoms with Crippen LogP contribution in [0.3, 0.4) is 0 Å². The van der Waals surface area contributed by atoms with Crippen molar-refractivity contribution >= 4 is 17.5 Å². The summed E-state index contributed by atoms with van der Waals surface area (Å²) >= 11 is 0. The number of hydrogen-bond donors (Lipinski definition) is 1. The zero-order chi connectivity index (χ0) is 16.8. The largest absolute Gasteiger partial charge is 0.338 e. The number of para-hydroxylation sites is 1. The number of hydrogen-bond acceptors (Lipinski definition) is 4. The van der Waals surface area contributed by atoms with Gasteiger partial charge < -0.3 is 10.2 Å². The normalized spacial score (nSPS) is 10.7. The van der Waals surface area contributed by atoms with Crippen LogP contribution in [0.25, 0.3) is 0 Å². The van der Waals surface area contributed by atoms with Gasteiger partial charge in [0, 0.05) is 25.0 Å². The summed E-state index contributed by atoms with van der Waals surface area (Å²) in [6.07, 6.45) is 1.62. The Morgan fingerprint density at radius 3 is 2.52 bits per heavy atom. The Balaban J connectivity index is 2.26. The molecule has 0 atom stereocenters. The number of amides is 1. The highest BCUT2D eigenvalue weighted by Gasteiger charge is 2.15. The Labute approximate surface area is 137 Å². The van der Waals surface area contributed by atoms with Crippen molar-refractivity contribution in [3.8, 4) is 0 Å². The number of aromatic nitrogens is 2. The quantitative estimate of drug-likeness (QED) is 0.881. The molecule has 2 rings (SSSR count). The van der Waals surface area contributed by atoms with E-state index in [0.717, 1.165) is 5.69 Å². The molecule has 1 aromatic carbocycles. The number of nitrogens with zero attached hydrogens (tertiary/aromatic N) is 3. The van der Waals surface area contributed by atoms with Crippen LogP contribution in [0.15, 0.2) is 36.5 Å². The molecule has 5 heteroatoms. The molecule has 1 aromatic heterocycles. The van der Waals surface area contributed by atoms with Gasteiger partial charge in [-0.05, 0) is 37.5 Å². The molecule has 122 valence electrons. The van der Waals surface area contributed by atoms with Gasteiger partial charge in [-0.25, -0.2) is 9.97 Å². The van der Waals surface area contributed by atoms with Gasteiger partial charge in [0.1, 0.15) is 5.69 Å². The first-order valence-corrected chi connectivity index (χ1v) is 8.05. The molecule has 0 aliphatic rings. The van der Waals surface area contributed by atoms with E-state index in [1.165, 1.54) is 5.56 Å². The van der Waals surface area contributed by atoms with Crippen molar-refractivity contribution in [1.29, 1.82) is 0 Å². The molecule has 5 nitrogen and oxygen atoms in total. The molecule has 1 amide bonds. The zero-order valence-electron chi connectivity index (χ0n) is 14.2. The van der Waals surface area contributed by atoms with Crippen LogP contribution in [0, 0.1) is 0 Å². The van der Waals surface area contributed by atoms with Crippen LogP contribution in [-0.4, -0.2) is 33.9 Å². The third-order valence-corrected chi connectivity index (χ3v) is 3.75. The fraction of sp³-hybridized carbons (Fsp3) is 0.389. The zero-order valence-corrected chi connectivity index (χ0v) is 14.2. The van der Waals surface area contributed by atoms with E-state index in [0.29, 0.717) is 30.6 Å². The van der Waals surface area contributed by atoms with E-state index in [9.17, 15) is 4.79 Å². The molecule has 0 saturated carbocycles. The van der Waals surface area contributed by atoms with E-state index in [1.807, 2.05) is 32.0 Å². The van der Waals surface area contributed by atoms with Crippen molar-refractivity contribution in [2.45, 2.75) is 33.6 Å². The van der Waals surface area contributed by atoms with E-state index >= 15 is 0 Å². The minimum Gasteiger partial charge on any atom is -0.338 e. The molecule has 0 radical (unpaired) electrons. The van der Waals surface area contributed by atoms with Gasteiger partial charge in [-0.2, -0.15) is 0 Å². The van der Waals surface area contributed by atoms with Crippen molar-refractivity contribution in [3.05, 3.63) is 47.8 Å². The lowest BCUT2D eigenvalue weighted by Gasteiger charge is -2.18. The fourth-order valence-corrected chi connectivity index (χ4v) is 2.45. The number of rotatable bonds is 6. The molecule has 0 aliphatic heterocycles. The van der Waals surface area contributed by atoms with Gasteiger partial charge in [-0.3, -0.25) is 4.79 Å². The van der Waals surface area contributed by atoms with Crippen molar-refractivity contribution < 1.29 is 4.79 Å². The molecule has 0 saturated heterocycles. The summed E-state index contributed by atoms with van der Waals surface area (Å²) in [6.45, 7) is 9.53. The van der Waals surface area contributed by atoms with Gasteiger partial charge in [0.15, 0.2) is 0 Å². The highest BCUT2D eigenvalue weighted by atomic mass is 16.2. The van der Waals surface area contributed by atoms with E-state index in [4.69, 9.17) is 0 Å². The van der Waals surface area contributed by atoms with Gasteiger partial charge in [-0.15, -0.1) is 0 Å². The van der Waals surface area contributed by atoms with Crippen molar-refractivity contribution in [2.24, 2.45) is 0 Å². The Kier molecular flexibility index (Phi) is 5.68. The van der Waals surface area contributed by atoms with Crippen LogP contribution in [0.5, 0.6) is 0 Å². The number of anilines is 2.